The van der Waals surface area contributed by atoms with Crippen molar-refractivity contribution in [1.82, 2.24) is 0 Å². The molecule has 0 radical (unpaired) electrons. The summed E-state index contributed by atoms with van der Waals surface area (Å²) in [7, 11) is -1.69. The van der Waals surface area contributed by atoms with Crippen LogP contribution in [-0.4, -0.2) is 5.90 Å². The number of fused-ring (bicyclic) bond motifs is 6. The fourth-order valence-electron chi connectivity index (χ4n) is 7.79. The predicted molar refractivity (Wildman–Crippen MR) is 261 cm³/mol. The van der Waals surface area contributed by atoms with Crippen molar-refractivity contribution in [2.24, 2.45) is 0 Å². The first-order valence-electron chi connectivity index (χ1n) is 19.8. The molecule has 0 N–H and O–H groups in total. The van der Waals surface area contributed by atoms with E-state index in [-0.39, 0.29) is 44.8 Å². The van der Waals surface area contributed by atoms with Gasteiger partial charge in [-0.3, -0.25) is 11.8 Å². The Labute approximate surface area is 394 Å². The molecule has 0 saturated carbocycles. The minimum absolute atomic E-state index is 0. The molecule has 0 aromatic heterocycles. The van der Waals surface area contributed by atoms with Gasteiger partial charge in [0.05, 0.1) is 0 Å². The molecule has 10 aromatic carbocycles. The maximum absolute atomic E-state index is 7.35. The summed E-state index contributed by atoms with van der Waals surface area (Å²) in [5.74, 6) is 6.27. The Morgan fingerprint density at radius 3 is 0.852 bits per heavy atom. The molecular formula is C57H42AgAuP2+2. The van der Waals surface area contributed by atoms with Gasteiger partial charge in [0.1, 0.15) is 37.1 Å². The molecule has 0 fully saturated rings. The van der Waals surface area contributed by atoms with Gasteiger partial charge in [-0.15, -0.1) is 23.3 Å². The van der Waals surface area contributed by atoms with Crippen molar-refractivity contribution >= 4 is 80.2 Å². The average Bonchev–Trinajstić information content (AvgIpc) is 3.33. The summed E-state index contributed by atoms with van der Waals surface area (Å²) in [4.78, 5) is 0. The first-order valence-corrected chi connectivity index (χ1v) is 23.2. The Kier molecular flexibility index (Phi) is 16.7. The van der Waals surface area contributed by atoms with Gasteiger partial charge in [0.15, 0.2) is 5.90 Å². The molecule has 0 nitrogen and oxygen atoms in total. The van der Waals surface area contributed by atoms with Crippen LogP contribution in [0, 0.1) is 24.7 Å². The quantitative estimate of drug-likeness (QED) is 0.0512. The largest absolute Gasteiger partial charge is 1.00 e. The van der Waals surface area contributed by atoms with Crippen LogP contribution in [-0.2, 0) is 44.8 Å². The summed E-state index contributed by atoms with van der Waals surface area (Å²) >= 11 is 0. The van der Waals surface area contributed by atoms with Crippen LogP contribution < -0.4 is 21.2 Å². The molecule has 61 heavy (non-hydrogen) atoms. The topological polar surface area (TPSA) is 0 Å². The van der Waals surface area contributed by atoms with Gasteiger partial charge < -0.3 is 12.8 Å². The summed E-state index contributed by atoms with van der Waals surface area (Å²) in [6.45, 7) is 0. The third kappa shape index (κ3) is 10.8. The molecule has 300 valence electrons. The normalized spacial score (nSPS) is 10.4. The van der Waals surface area contributed by atoms with E-state index >= 15 is 0 Å². The van der Waals surface area contributed by atoms with Crippen LogP contribution >= 0.6 is 15.8 Å². The Morgan fingerprint density at radius 2 is 0.557 bits per heavy atom. The molecule has 0 unspecified atom stereocenters. The van der Waals surface area contributed by atoms with E-state index in [1.165, 1.54) is 48.7 Å². The third-order valence-corrected chi connectivity index (χ3v) is 17.6. The summed E-state index contributed by atoms with van der Waals surface area (Å²) in [5, 5.41) is 15.4. The first kappa shape index (κ1) is 45.2. The van der Waals surface area contributed by atoms with Crippen molar-refractivity contribution in [3.63, 3.8) is 0 Å². The van der Waals surface area contributed by atoms with Crippen LogP contribution in [0.4, 0.5) is 0 Å². The second-order valence-corrected chi connectivity index (χ2v) is 19.9. The number of rotatable bonds is 6. The molecular weight excluding hydrogens is 1050 g/mol. The van der Waals surface area contributed by atoms with Crippen molar-refractivity contribution < 1.29 is 44.8 Å². The Morgan fingerprint density at radius 1 is 0.311 bits per heavy atom. The van der Waals surface area contributed by atoms with Crippen LogP contribution in [0.15, 0.2) is 231 Å². The molecule has 0 saturated heterocycles. The third-order valence-electron chi connectivity index (χ3n) is 10.6. The Hall–Kier alpha value is -5.30. The van der Waals surface area contributed by atoms with Crippen LogP contribution in [0.1, 0.15) is 11.1 Å². The Bertz CT molecular complexity index is 2760. The predicted octanol–water partition coefficient (Wildman–Crippen LogP) is 12.5. The van der Waals surface area contributed by atoms with E-state index in [1.807, 2.05) is 72.8 Å². The Balaban J connectivity index is 0.000000159. The van der Waals surface area contributed by atoms with Crippen LogP contribution in [0.5, 0.6) is 0 Å². The zero-order valence-electron chi connectivity index (χ0n) is 33.2. The zero-order valence-corrected chi connectivity index (χ0v) is 38.9. The van der Waals surface area contributed by atoms with Crippen molar-refractivity contribution in [3.05, 3.63) is 254 Å². The van der Waals surface area contributed by atoms with Crippen LogP contribution in [0.25, 0.3) is 43.1 Å². The second kappa shape index (κ2) is 22.5. The van der Waals surface area contributed by atoms with Gasteiger partial charge in [-0.1, -0.05) is 181 Å². The van der Waals surface area contributed by atoms with E-state index in [0.29, 0.717) is 0 Å². The monoisotopic (exact) mass is 1090 g/mol. The van der Waals surface area contributed by atoms with Crippen molar-refractivity contribution in [2.45, 2.75) is 0 Å². The van der Waals surface area contributed by atoms with E-state index in [1.54, 1.807) is 0 Å². The molecule has 0 aliphatic heterocycles. The average molecular weight is 1090 g/mol. The molecule has 4 heteroatoms. The molecule has 0 aliphatic rings. The van der Waals surface area contributed by atoms with Gasteiger partial charge in [0.2, 0.25) is 0 Å². The van der Waals surface area contributed by atoms with Gasteiger partial charge in [0, 0.05) is 0 Å². The van der Waals surface area contributed by atoms with E-state index in [9.17, 15) is 0 Å². The van der Waals surface area contributed by atoms with Gasteiger partial charge in [-0.2, -0.15) is 0 Å². The maximum Gasteiger partial charge on any atom is 1.00 e. The molecule has 0 heterocycles. The maximum atomic E-state index is 7.35. The minimum Gasteiger partial charge on any atom is -0.366 e. The van der Waals surface area contributed by atoms with Gasteiger partial charge >= 0.3 is 44.8 Å². The zero-order chi connectivity index (χ0) is 40.2. The molecule has 0 atom stereocenters. The number of hydrogen-bond acceptors (Lipinski definition) is 0. The van der Waals surface area contributed by atoms with E-state index in [4.69, 9.17) is 12.8 Å². The van der Waals surface area contributed by atoms with Crippen molar-refractivity contribution in [3.8, 4) is 11.8 Å². The van der Waals surface area contributed by atoms with Crippen molar-refractivity contribution in [2.75, 3.05) is 5.90 Å². The summed E-state index contributed by atoms with van der Waals surface area (Å²) in [6.07, 6.45) is 14.7. The van der Waals surface area contributed by atoms with E-state index in [2.05, 4.69) is 170 Å². The summed E-state index contributed by atoms with van der Waals surface area (Å²) in [5.41, 5.74) is 1.71. The smallest absolute Gasteiger partial charge is 0.366 e. The molecule has 0 amide bonds. The summed E-state index contributed by atoms with van der Waals surface area (Å²) < 4.78 is 0. The fourth-order valence-corrected chi connectivity index (χ4v) is 15.5. The summed E-state index contributed by atoms with van der Waals surface area (Å²) in [6, 6.07) is 81.3. The van der Waals surface area contributed by atoms with Crippen LogP contribution in [0.3, 0.4) is 0 Å². The van der Waals surface area contributed by atoms with Crippen molar-refractivity contribution in [1.29, 1.82) is 0 Å². The van der Waals surface area contributed by atoms with Gasteiger partial charge in [-0.25, -0.2) is 0 Å². The first-order chi connectivity index (χ1) is 29.2. The van der Waals surface area contributed by atoms with E-state index in [0.717, 1.165) is 32.7 Å². The molecule has 10 aromatic rings. The van der Waals surface area contributed by atoms with Crippen LogP contribution in [0.2, 0.25) is 0 Å². The molecule has 10 rings (SSSR count). The van der Waals surface area contributed by atoms with Gasteiger partial charge in [0.25, 0.3) is 0 Å². The van der Waals surface area contributed by atoms with Gasteiger partial charge in [-0.05, 0) is 80.8 Å². The van der Waals surface area contributed by atoms with E-state index < -0.39 is 15.8 Å². The fraction of sp³-hybridized carbons (Fsp3) is 0.0175. The minimum atomic E-state index is -0.847. The molecule has 0 spiro atoms. The second-order valence-electron chi connectivity index (χ2n) is 14.2. The molecule has 0 aliphatic carbocycles. The number of benzene rings is 10. The molecule has 0 bridgehead atoms. The number of hydrogen-bond donors (Lipinski definition) is 0. The SMILES string of the molecule is [Ag+].[Au+].[C-]#Cc1cc2ccccc2c2ccccc12.[C-]#Cc1cc2ccccc2c2ccccc12.c1ccc([PH+](C[PH+](c2ccccc2)c2ccccc2)c2ccccc2)cc1. The standard InChI is InChI=1S/C25H22P2.2C16H9.Ag.Au/c1-5-13-22(14-6-1)26(23-15-7-2-8-16-23)21-27(24-17-9-3-10-18-24)25-19-11-4-12-20-25;2*1-2-12-11-13-7-3-4-9-15(13)16-10-6-5-8-14(12)16;;/h1-20H,21H2;2*3-11H;;/q;2*-1;2*+1/p+2.